The Bertz CT molecular complexity index is 1190. The summed E-state index contributed by atoms with van der Waals surface area (Å²) in [6, 6.07) is 6.53. The van der Waals surface area contributed by atoms with Crippen LogP contribution in [0.5, 0.6) is 0 Å². The van der Waals surface area contributed by atoms with Gasteiger partial charge in [-0.2, -0.15) is 13.2 Å². The molecule has 198 valence electrons. The van der Waals surface area contributed by atoms with Crippen molar-refractivity contribution in [3.63, 3.8) is 0 Å². The highest BCUT2D eigenvalue weighted by Crippen LogP contribution is 2.37. The van der Waals surface area contributed by atoms with Gasteiger partial charge in [-0.05, 0) is 49.2 Å². The molecule has 0 saturated heterocycles. The molecule has 36 heavy (non-hydrogen) atoms. The van der Waals surface area contributed by atoms with Gasteiger partial charge < -0.3 is 10.2 Å². The van der Waals surface area contributed by atoms with Crippen LogP contribution >= 0.6 is 11.6 Å². The van der Waals surface area contributed by atoms with E-state index in [9.17, 15) is 35.6 Å². The molecule has 1 N–H and O–H groups in total. The largest absolute Gasteiger partial charge is 0.417 e. The minimum Gasteiger partial charge on any atom is -0.354 e. The molecule has 0 aromatic heterocycles. The SMILES string of the molecule is CCCNC(=O)C(C)N(Cc1ccc(F)cc1)C(=O)CN(c1ccc(Cl)c(C(F)(F)F)c1)S(C)(=O)=O. The summed E-state index contributed by atoms with van der Waals surface area (Å²) in [4.78, 5) is 27.0. The maximum absolute atomic E-state index is 13.3. The summed E-state index contributed by atoms with van der Waals surface area (Å²) >= 11 is 5.64. The lowest BCUT2D eigenvalue weighted by Gasteiger charge is -2.31. The lowest BCUT2D eigenvalue weighted by molar-refractivity contribution is -0.139. The average Bonchev–Trinajstić information content (AvgIpc) is 2.79. The van der Waals surface area contributed by atoms with Crippen molar-refractivity contribution in [2.75, 3.05) is 23.7 Å². The number of hydrogen-bond acceptors (Lipinski definition) is 4. The molecule has 0 heterocycles. The van der Waals surface area contributed by atoms with Crippen LogP contribution in [0.4, 0.5) is 23.2 Å². The molecule has 0 fully saturated rings. The second kappa shape index (κ2) is 11.9. The molecule has 0 saturated carbocycles. The van der Waals surface area contributed by atoms with Gasteiger partial charge in [-0.15, -0.1) is 0 Å². The fourth-order valence-electron chi connectivity index (χ4n) is 3.26. The third kappa shape index (κ3) is 7.82. The molecule has 0 radical (unpaired) electrons. The summed E-state index contributed by atoms with van der Waals surface area (Å²) in [5, 5.41) is 2.01. The summed E-state index contributed by atoms with van der Waals surface area (Å²) in [6.07, 6.45) is -3.49. The summed E-state index contributed by atoms with van der Waals surface area (Å²) in [7, 11) is -4.23. The van der Waals surface area contributed by atoms with E-state index in [0.29, 0.717) is 28.9 Å². The molecule has 0 aliphatic heterocycles. The van der Waals surface area contributed by atoms with E-state index in [4.69, 9.17) is 11.6 Å². The van der Waals surface area contributed by atoms with E-state index in [1.807, 2.05) is 6.92 Å². The Morgan fingerprint density at radius 2 is 1.72 bits per heavy atom. The molecule has 0 spiro atoms. The molecule has 2 aromatic carbocycles. The van der Waals surface area contributed by atoms with Gasteiger partial charge in [0.05, 0.1) is 22.5 Å². The number of amides is 2. The first kappa shape index (κ1) is 29.4. The van der Waals surface area contributed by atoms with E-state index < -0.39 is 62.7 Å². The smallest absolute Gasteiger partial charge is 0.354 e. The Kier molecular flexibility index (Phi) is 9.72. The zero-order valence-electron chi connectivity index (χ0n) is 19.8. The topological polar surface area (TPSA) is 86.8 Å². The Labute approximate surface area is 212 Å². The molecule has 7 nitrogen and oxygen atoms in total. The molecule has 2 rings (SSSR count). The molecule has 2 aromatic rings. The average molecular weight is 552 g/mol. The molecule has 1 atom stereocenters. The Morgan fingerprint density at radius 1 is 1.11 bits per heavy atom. The first-order valence-corrected chi connectivity index (χ1v) is 13.0. The van der Waals surface area contributed by atoms with Crippen LogP contribution in [0, 0.1) is 5.82 Å². The molecule has 0 aliphatic rings. The number of alkyl halides is 3. The minimum atomic E-state index is -4.86. The van der Waals surface area contributed by atoms with Gasteiger partial charge in [-0.3, -0.25) is 13.9 Å². The second-order valence-electron chi connectivity index (χ2n) is 8.05. The number of benzene rings is 2. The standard InChI is InChI=1S/C23H26ClF4N3O4S/c1-4-11-29-22(33)15(2)30(13-16-5-7-17(25)8-6-16)21(32)14-31(36(3,34)35)18-9-10-20(24)19(12-18)23(26,27)28/h5-10,12,15H,4,11,13-14H2,1-3H3,(H,29,33). The Morgan fingerprint density at radius 3 is 2.25 bits per heavy atom. The van der Waals surface area contributed by atoms with Crippen molar-refractivity contribution in [2.24, 2.45) is 0 Å². The van der Waals surface area contributed by atoms with Crippen LogP contribution in [0.1, 0.15) is 31.4 Å². The van der Waals surface area contributed by atoms with Crippen molar-refractivity contribution >= 4 is 39.1 Å². The van der Waals surface area contributed by atoms with Crippen molar-refractivity contribution in [3.05, 3.63) is 64.4 Å². The van der Waals surface area contributed by atoms with Crippen LogP contribution in [-0.2, 0) is 32.3 Å². The zero-order chi connectivity index (χ0) is 27.3. The number of nitrogens with zero attached hydrogens (tertiary/aromatic N) is 2. The maximum atomic E-state index is 13.3. The van der Waals surface area contributed by atoms with E-state index in [1.165, 1.54) is 19.1 Å². The van der Waals surface area contributed by atoms with Gasteiger partial charge in [0, 0.05) is 13.1 Å². The molecule has 0 bridgehead atoms. The fourth-order valence-corrected chi connectivity index (χ4v) is 4.33. The van der Waals surface area contributed by atoms with Crippen LogP contribution in [0.2, 0.25) is 5.02 Å². The maximum Gasteiger partial charge on any atom is 0.417 e. The highest BCUT2D eigenvalue weighted by Gasteiger charge is 2.35. The number of halogens is 5. The molecule has 0 aliphatic carbocycles. The first-order chi connectivity index (χ1) is 16.6. The lowest BCUT2D eigenvalue weighted by Crippen LogP contribution is -2.51. The number of hydrogen-bond donors (Lipinski definition) is 1. The highest BCUT2D eigenvalue weighted by atomic mass is 35.5. The van der Waals surface area contributed by atoms with Gasteiger partial charge in [-0.1, -0.05) is 30.7 Å². The van der Waals surface area contributed by atoms with E-state index in [1.54, 1.807) is 0 Å². The van der Waals surface area contributed by atoms with Crippen LogP contribution in [0.25, 0.3) is 0 Å². The predicted octanol–water partition coefficient (Wildman–Crippen LogP) is 4.21. The predicted molar refractivity (Wildman–Crippen MR) is 128 cm³/mol. The molecular formula is C23H26ClF4N3O4S. The van der Waals surface area contributed by atoms with Crippen molar-refractivity contribution in [1.82, 2.24) is 10.2 Å². The number of nitrogens with one attached hydrogen (secondary N) is 1. The van der Waals surface area contributed by atoms with Gasteiger partial charge in [0.2, 0.25) is 21.8 Å². The Hall–Kier alpha value is -2.86. The first-order valence-electron chi connectivity index (χ1n) is 10.8. The summed E-state index contributed by atoms with van der Waals surface area (Å²) < 4.78 is 78.9. The van der Waals surface area contributed by atoms with Crippen LogP contribution in [0.15, 0.2) is 42.5 Å². The monoisotopic (exact) mass is 551 g/mol. The number of rotatable bonds is 10. The van der Waals surface area contributed by atoms with E-state index in [2.05, 4.69) is 5.32 Å². The van der Waals surface area contributed by atoms with Crippen molar-refractivity contribution in [3.8, 4) is 0 Å². The molecule has 1 unspecified atom stereocenters. The zero-order valence-corrected chi connectivity index (χ0v) is 21.3. The normalized spacial score (nSPS) is 12.7. The van der Waals surface area contributed by atoms with Gasteiger partial charge in [0.15, 0.2) is 0 Å². The number of carbonyl (C=O) groups excluding carboxylic acids is 2. The third-order valence-electron chi connectivity index (χ3n) is 5.21. The molecule has 2 amide bonds. The second-order valence-corrected chi connectivity index (χ2v) is 10.4. The van der Waals surface area contributed by atoms with E-state index in [0.717, 1.165) is 35.4 Å². The van der Waals surface area contributed by atoms with Crippen molar-refractivity contribution < 1.29 is 35.6 Å². The number of sulfonamides is 1. The van der Waals surface area contributed by atoms with Crippen molar-refractivity contribution in [1.29, 1.82) is 0 Å². The lowest BCUT2D eigenvalue weighted by atomic mass is 10.1. The number of anilines is 1. The molecular weight excluding hydrogens is 526 g/mol. The van der Waals surface area contributed by atoms with Crippen molar-refractivity contribution in [2.45, 2.75) is 39.0 Å². The van der Waals surface area contributed by atoms with Crippen LogP contribution in [-0.4, -0.2) is 50.5 Å². The van der Waals surface area contributed by atoms with Gasteiger partial charge in [-0.25, -0.2) is 12.8 Å². The van der Waals surface area contributed by atoms with Crippen LogP contribution in [0.3, 0.4) is 0 Å². The molecule has 13 heteroatoms. The minimum absolute atomic E-state index is 0.175. The van der Waals surface area contributed by atoms with Gasteiger partial charge >= 0.3 is 6.18 Å². The summed E-state index contributed by atoms with van der Waals surface area (Å²) in [6.45, 7) is 2.54. The fraction of sp³-hybridized carbons (Fsp3) is 0.391. The van der Waals surface area contributed by atoms with E-state index in [-0.39, 0.29) is 6.54 Å². The van der Waals surface area contributed by atoms with E-state index >= 15 is 0 Å². The van der Waals surface area contributed by atoms with Gasteiger partial charge in [0.1, 0.15) is 18.4 Å². The highest BCUT2D eigenvalue weighted by molar-refractivity contribution is 7.92. The van der Waals surface area contributed by atoms with Crippen LogP contribution < -0.4 is 9.62 Å². The van der Waals surface area contributed by atoms with Gasteiger partial charge in [0.25, 0.3) is 0 Å². The summed E-state index contributed by atoms with van der Waals surface area (Å²) in [5.74, 6) is -1.88. The third-order valence-corrected chi connectivity index (χ3v) is 6.68. The Balaban J connectivity index is 2.45. The number of carbonyl (C=O) groups is 2. The quantitative estimate of drug-likeness (QED) is 0.448. The summed E-state index contributed by atoms with van der Waals surface area (Å²) in [5.41, 5.74) is -1.23.